The van der Waals surface area contributed by atoms with Crippen molar-refractivity contribution in [3.05, 3.63) is 60.6 Å². The molecule has 0 spiro atoms. The summed E-state index contributed by atoms with van der Waals surface area (Å²) in [5.41, 5.74) is 3.39. The minimum atomic E-state index is 0.871. The fourth-order valence-electron chi connectivity index (χ4n) is 2.24. The van der Waals surface area contributed by atoms with Crippen LogP contribution < -0.4 is 0 Å². The smallest absolute Gasteiger partial charge is 0.155 e. The Hall–Kier alpha value is -2.27. The van der Waals surface area contributed by atoms with Crippen LogP contribution in [-0.4, -0.2) is 37.8 Å². The lowest BCUT2D eigenvalue weighted by molar-refractivity contribution is 0.326. The van der Waals surface area contributed by atoms with Crippen LogP contribution in [-0.2, 0) is 13.0 Å². The van der Waals surface area contributed by atoms with Crippen LogP contribution in [0.3, 0.4) is 0 Å². The molecule has 0 saturated heterocycles. The third-order valence-electron chi connectivity index (χ3n) is 3.36. The van der Waals surface area contributed by atoms with E-state index in [1.54, 1.807) is 12.4 Å². The van der Waals surface area contributed by atoms with E-state index in [0.29, 0.717) is 0 Å². The summed E-state index contributed by atoms with van der Waals surface area (Å²) < 4.78 is 2.08. The predicted octanol–water partition coefficient (Wildman–Crippen LogP) is 1.80. The SMILES string of the molecule is CN(CCc1ccncc1)Cc1cnc2cnccn12. The van der Waals surface area contributed by atoms with Crippen LogP contribution >= 0.6 is 0 Å². The number of imidazole rings is 1. The van der Waals surface area contributed by atoms with Crippen LogP contribution in [0.2, 0.25) is 0 Å². The van der Waals surface area contributed by atoms with Crippen LogP contribution in [0.15, 0.2) is 49.3 Å². The topological polar surface area (TPSA) is 46.3 Å². The Kier molecular flexibility index (Phi) is 3.69. The molecule has 0 amide bonds. The van der Waals surface area contributed by atoms with Gasteiger partial charge in [-0.05, 0) is 31.2 Å². The molecule has 102 valence electrons. The molecule has 0 aliphatic heterocycles. The molecule has 0 bridgehead atoms. The summed E-state index contributed by atoms with van der Waals surface area (Å²) in [7, 11) is 2.13. The fraction of sp³-hybridized carbons (Fsp3) is 0.267. The first-order valence-electron chi connectivity index (χ1n) is 6.66. The summed E-state index contributed by atoms with van der Waals surface area (Å²) in [5, 5.41) is 0. The Morgan fingerprint density at radius 1 is 1.10 bits per heavy atom. The van der Waals surface area contributed by atoms with E-state index < -0.39 is 0 Å². The van der Waals surface area contributed by atoms with Gasteiger partial charge in [0, 0.05) is 37.9 Å². The Morgan fingerprint density at radius 3 is 2.80 bits per heavy atom. The number of hydrogen-bond donors (Lipinski definition) is 0. The number of pyridine rings is 1. The van der Waals surface area contributed by atoms with Crippen LogP contribution in [0.25, 0.3) is 5.65 Å². The number of rotatable bonds is 5. The summed E-state index contributed by atoms with van der Waals surface area (Å²) in [6.45, 7) is 1.87. The van der Waals surface area contributed by atoms with Gasteiger partial charge in [-0.2, -0.15) is 0 Å². The molecule has 3 aromatic rings. The highest BCUT2D eigenvalue weighted by Gasteiger charge is 2.06. The largest absolute Gasteiger partial charge is 0.300 e. The Labute approximate surface area is 117 Å². The Balaban J connectivity index is 1.63. The summed E-state index contributed by atoms with van der Waals surface area (Å²) in [6, 6.07) is 4.13. The molecule has 3 heterocycles. The van der Waals surface area contributed by atoms with E-state index in [0.717, 1.165) is 25.2 Å². The van der Waals surface area contributed by atoms with E-state index in [1.807, 2.05) is 24.8 Å². The van der Waals surface area contributed by atoms with Crippen molar-refractivity contribution in [2.75, 3.05) is 13.6 Å². The molecule has 20 heavy (non-hydrogen) atoms. The molecule has 0 atom stereocenters. The first-order chi connectivity index (χ1) is 9.83. The Bertz CT molecular complexity index is 677. The van der Waals surface area contributed by atoms with E-state index in [-0.39, 0.29) is 0 Å². The monoisotopic (exact) mass is 267 g/mol. The molecule has 0 saturated carbocycles. The molecular weight excluding hydrogens is 250 g/mol. The Morgan fingerprint density at radius 2 is 1.95 bits per heavy atom. The minimum absolute atomic E-state index is 0.871. The van der Waals surface area contributed by atoms with Gasteiger partial charge in [-0.25, -0.2) is 4.98 Å². The van der Waals surface area contributed by atoms with Gasteiger partial charge in [-0.1, -0.05) is 0 Å². The van der Waals surface area contributed by atoms with E-state index in [4.69, 9.17) is 0 Å². The second-order valence-electron chi connectivity index (χ2n) is 4.90. The second kappa shape index (κ2) is 5.79. The highest BCUT2D eigenvalue weighted by Crippen LogP contribution is 2.08. The highest BCUT2D eigenvalue weighted by atomic mass is 15.1. The summed E-state index contributed by atoms with van der Waals surface area (Å²) in [4.78, 5) is 14.8. The first-order valence-corrected chi connectivity index (χ1v) is 6.66. The highest BCUT2D eigenvalue weighted by molar-refractivity contribution is 5.36. The van der Waals surface area contributed by atoms with Crippen molar-refractivity contribution in [2.24, 2.45) is 0 Å². The van der Waals surface area contributed by atoms with Crippen molar-refractivity contribution in [2.45, 2.75) is 13.0 Å². The quantitative estimate of drug-likeness (QED) is 0.707. The molecule has 0 aliphatic carbocycles. The zero-order valence-electron chi connectivity index (χ0n) is 11.5. The zero-order valence-corrected chi connectivity index (χ0v) is 11.5. The molecule has 3 aromatic heterocycles. The molecular formula is C15H17N5. The van der Waals surface area contributed by atoms with Gasteiger partial charge in [-0.15, -0.1) is 0 Å². The number of aromatic nitrogens is 4. The van der Waals surface area contributed by atoms with Gasteiger partial charge >= 0.3 is 0 Å². The van der Waals surface area contributed by atoms with Crippen LogP contribution in [0.5, 0.6) is 0 Å². The van der Waals surface area contributed by atoms with Gasteiger partial charge in [0.1, 0.15) is 0 Å². The van der Waals surface area contributed by atoms with Gasteiger partial charge in [0.05, 0.1) is 18.1 Å². The first kappa shape index (κ1) is 12.7. The van der Waals surface area contributed by atoms with Crippen molar-refractivity contribution in [1.82, 2.24) is 24.3 Å². The van der Waals surface area contributed by atoms with E-state index in [2.05, 4.69) is 43.4 Å². The maximum atomic E-state index is 4.36. The lowest BCUT2D eigenvalue weighted by atomic mass is 10.2. The normalized spacial score (nSPS) is 11.3. The molecule has 0 radical (unpaired) electrons. The third-order valence-corrected chi connectivity index (χ3v) is 3.36. The van der Waals surface area contributed by atoms with Gasteiger partial charge in [-0.3, -0.25) is 14.4 Å². The van der Waals surface area contributed by atoms with Crippen LogP contribution in [0.1, 0.15) is 11.3 Å². The van der Waals surface area contributed by atoms with Crippen molar-refractivity contribution in [3.63, 3.8) is 0 Å². The van der Waals surface area contributed by atoms with Crippen LogP contribution in [0.4, 0.5) is 0 Å². The lowest BCUT2D eigenvalue weighted by Crippen LogP contribution is -2.21. The van der Waals surface area contributed by atoms with Gasteiger partial charge < -0.3 is 4.90 Å². The fourth-order valence-corrected chi connectivity index (χ4v) is 2.24. The molecule has 0 fully saturated rings. The number of fused-ring (bicyclic) bond motifs is 1. The summed E-state index contributed by atoms with van der Waals surface area (Å²) in [6.07, 6.45) is 12.1. The molecule has 0 aliphatic rings. The van der Waals surface area contributed by atoms with E-state index >= 15 is 0 Å². The van der Waals surface area contributed by atoms with Gasteiger partial charge in [0.2, 0.25) is 0 Å². The van der Waals surface area contributed by atoms with Crippen LogP contribution in [0, 0.1) is 0 Å². The maximum absolute atomic E-state index is 4.36. The van der Waals surface area contributed by atoms with E-state index in [1.165, 1.54) is 11.3 Å². The van der Waals surface area contributed by atoms with E-state index in [9.17, 15) is 0 Å². The standard InChI is InChI=1S/C15H17N5/c1-19(8-4-13-2-5-16-6-3-13)12-14-10-18-15-11-17-7-9-20(14)15/h2-3,5-7,9-11H,4,8,12H2,1H3. The van der Waals surface area contributed by atoms with Gasteiger partial charge in [0.15, 0.2) is 5.65 Å². The second-order valence-corrected chi connectivity index (χ2v) is 4.90. The number of likely N-dealkylation sites (N-methyl/N-ethyl adjacent to an activating group) is 1. The number of nitrogens with zero attached hydrogens (tertiary/aromatic N) is 5. The summed E-state index contributed by atoms with van der Waals surface area (Å²) >= 11 is 0. The lowest BCUT2D eigenvalue weighted by Gasteiger charge is -2.16. The average molecular weight is 267 g/mol. The van der Waals surface area contributed by atoms with Crippen molar-refractivity contribution < 1.29 is 0 Å². The van der Waals surface area contributed by atoms with Crippen molar-refractivity contribution in [1.29, 1.82) is 0 Å². The molecule has 0 N–H and O–H groups in total. The minimum Gasteiger partial charge on any atom is -0.300 e. The third kappa shape index (κ3) is 2.83. The molecule has 5 heteroatoms. The molecule has 0 aromatic carbocycles. The molecule has 0 unspecified atom stereocenters. The molecule has 3 rings (SSSR count). The number of hydrogen-bond acceptors (Lipinski definition) is 4. The van der Waals surface area contributed by atoms with Crippen molar-refractivity contribution >= 4 is 5.65 Å². The maximum Gasteiger partial charge on any atom is 0.155 e. The van der Waals surface area contributed by atoms with Gasteiger partial charge in [0.25, 0.3) is 0 Å². The summed E-state index contributed by atoms with van der Waals surface area (Å²) in [5.74, 6) is 0. The molecule has 5 nitrogen and oxygen atoms in total. The van der Waals surface area contributed by atoms with Crippen molar-refractivity contribution in [3.8, 4) is 0 Å². The zero-order chi connectivity index (χ0) is 13.8. The predicted molar refractivity (Wildman–Crippen MR) is 77.3 cm³/mol. The average Bonchev–Trinajstić information content (AvgIpc) is 2.90.